The van der Waals surface area contributed by atoms with Crippen LogP contribution in [0.15, 0.2) is 0 Å². The Hall–Kier alpha value is -1.10. The Kier molecular flexibility index (Phi) is 5.41. The van der Waals surface area contributed by atoms with Gasteiger partial charge >= 0.3 is 5.97 Å². The highest BCUT2D eigenvalue weighted by molar-refractivity contribution is 5.78. The summed E-state index contributed by atoms with van der Waals surface area (Å²) in [5.41, 5.74) is 5.57. The zero-order chi connectivity index (χ0) is 12.8. The first-order valence-electron chi connectivity index (χ1n) is 6.29. The highest BCUT2D eigenvalue weighted by Gasteiger charge is 2.28. The van der Waals surface area contributed by atoms with Crippen LogP contribution < -0.4 is 5.73 Å². The summed E-state index contributed by atoms with van der Waals surface area (Å²) in [5.74, 6) is -0.931. The summed E-state index contributed by atoms with van der Waals surface area (Å²) in [6.45, 7) is 3.57. The number of nitrogens with zero attached hydrogens (tertiary/aromatic N) is 1. The number of likely N-dealkylation sites (tertiary alicyclic amines) is 1. The normalized spacial score (nSPS) is 22.2. The van der Waals surface area contributed by atoms with Crippen molar-refractivity contribution >= 4 is 11.9 Å². The molecule has 0 aromatic rings. The third-order valence-electron chi connectivity index (χ3n) is 3.50. The Morgan fingerprint density at radius 2 is 2.24 bits per heavy atom. The predicted octanol–water partition coefficient (Wildman–Crippen LogP) is 0.685. The predicted molar refractivity (Wildman–Crippen MR) is 64.4 cm³/mol. The summed E-state index contributed by atoms with van der Waals surface area (Å²) < 4.78 is 0. The lowest BCUT2D eigenvalue weighted by Gasteiger charge is -2.31. The van der Waals surface area contributed by atoms with Gasteiger partial charge in [-0.2, -0.15) is 0 Å². The number of carbonyl (C=O) groups is 2. The summed E-state index contributed by atoms with van der Waals surface area (Å²) in [5, 5.41) is 8.95. The second-order valence-corrected chi connectivity index (χ2v) is 4.73. The first kappa shape index (κ1) is 14.0. The van der Waals surface area contributed by atoms with E-state index in [9.17, 15) is 9.59 Å². The lowest BCUT2D eigenvalue weighted by atomic mass is 9.96. The quantitative estimate of drug-likeness (QED) is 0.742. The Morgan fingerprint density at radius 1 is 1.53 bits per heavy atom. The number of piperidine rings is 1. The number of carboxylic acids is 1. The second-order valence-electron chi connectivity index (χ2n) is 4.73. The molecule has 98 valence electrons. The molecule has 3 N–H and O–H groups in total. The van der Waals surface area contributed by atoms with Crippen LogP contribution in [0.5, 0.6) is 0 Å². The fourth-order valence-corrected chi connectivity index (χ4v) is 2.18. The molecule has 0 aromatic heterocycles. The van der Waals surface area contributed by atoms with Crippen LogP contribution in [0.4, 0.5) is 0 Å². The molecule has 1 heterocycles. The summed E-state index contributed by atoms with van der Waals surface area (Å²) in [6.07, 6.45) is 2.78. The van der Waals surface area contributed by atoms with Crippen LogP contribution in [-0.2, 0) is 9.59 Å². The highest BCUT2D eigenvalue weighted by Crippen LogP contribution is 2.19. The van der Waals surface area contributed by atoms with Gasteiger partial charge in [0.2, 0.25) is 5.91 Å². The number of hydrogen-bond donors (Lipinski definition) is 2. The monoisotopic (exact) mass is 242 g/mol. The molecule has 1 fully saturated rings. The maximum atomic E-state index is 12.0. The Labute approximate surface area is 102 Å². The SMILES string of the molecule is CCC(CN)CC(=O)N1CCC[C@@H](C(=O)O)C1. The van der Waals surface area contributed by atoms with Gasteiger partial charge in [0.15, 0.2) is 0 Å². The minimum Gasteiger partial charge on any atom is -0.481 e. The largest absolute Gasteiger partial charge is 0.481 e. The maximum absolute atomic E-state index is 12.0. The lowest BCUT2D eigenvalue weighted by Crippen LogP contribution is -2.43. The molecule has 1 amide bonds. The maximum Gasteiger partial charge on any atom is 0.308 e. The average molecular weight is 242 g/mol. The number of carboxylic acid groups (broad SMARTS) is 1. The van der Waals surface area contributed by atoms with Gasteiger partial charge < -0.3 is 15.7 Å². The smallest absolute Gasteiger partial charge is 0.308 e. The van der Waals surface area contributed by atoms with Gasteiger partial charge in [-0.3, -0.25) is 9.59 Å². The lowest BCUT2D eigenvalue weighted by molar-refractivity contribution is -0.145. The first-order chi connectivity index (χ1) is 8.08. The zero-order valence-corrected chi connectivity index (χ0v) is 10.4. The summed E-state index contributed by atoms with van der Waals surface area (Å²) in [6, 6.07) is 0. The molecule has 1 rings (SSSR count). The van der Waals surface area contributed by atoms with Gasteiger partial charge in [-0.25, -0.2) is 0 Å². The van der Waals surface area contributed by atoms with E-state index in [-0.39, 0.29) is 11.8 Å². The van der Waals surface area contributed by atoms with E-state index in [1.54, 1.807) is 4.90 Å². The van der Waals surface area contributed by atoms with Gasteiger partial charge in [-0.1, -0.05) is 13.3 Å². The first-order valence-corrected chi connectivity index (χ1v) is 6.29. The Bertz CT molecular complexity index is 277. The standard InChI is InChI=1S/C12H22N2O3/c1-2-9(7-13)6-11(15)14-5-3-4-10(8-14)12(16)17/h9-10H,2-8,13H2,1H3,(H,16,17)/t9?,10-/m1/s1. The van der Waals surface area contributed by atoms with Gasteiger partial charge in [-0.05, 0) is 25.3 Å². The van der Waals surface area contributed by atoms with Crippen molar-refractivity contribution in [3.8, 4) is 0 Å². The zero-order valence-electron chi connectivity index (χ0n) is 10.4. The van der Waals surface area contributed by atoms with E-state index < -0.39 is 11.9 Å². The van der Waals surface area contributed by atoms with Crippen molar-refractivity contribution in [3.05, 3.63) is 0 Å². The molecule has 1 aliphatic heterocycles. The third kappa shape index (κ3) is 4.00. The van der Waals surface area contributed by atoms with Crippen molar-refractivity contribution in [1.29, 1.82) is 0 Å². The molecule has 0 bridgehead atoms. The molecule has 1 aliphatic rings. The summed E-state index contributed by atoms with van der Waals surface area (Å²) in [7, 11) is 0. The molecule has 0 aromatic carbocycles. The summed E-state index contributed by atoms with van der Waals surface area (Å²) in [4.78, 5) is 24.6. The van der Waals surface area contributed by atoms with Gasteiger partial charge in [0.1, 0.15) is 0 Å². The second kappa shape index (κ2) is 6.59. The molecule has 0 spiro atoms. The van der Waals surface area contributed by atoms with Crippen LogP contribution in [0.25, 0.3) is 0 Å². The molecule has 1 unspecified atom stereocenters. The van der Waals surface area contributed by atoms with E-state index in [0.29, 0.717) is 32.5 Å². The van der Waals surface area contributed by atoms with Crippen LogP contribution in [0.3, 0.4) is 0 Å². The minimum absolute atomic E-state index is 0.0493. The van der Waals surface area contributed by atoms with Crippen molar-refractivity contribution in [3.63, 3.8) is 0 Å². The van der Waals surface area contributed by atoms with E-state index in [0.717, 1.165) is 12.8 Å². The van der Waals surface area contributed by atoms with Crippen LogP contribution in [0, 0.1) is 11.8 Å². The molecular weight excluding hydrogens is 220 g/mol. The van der Waals surface area contributed by atoms with E-state index in [1.165, 1.54) is 0 Å². The Balaban J connectivity index is 2.48. The molecule has 1 saturated heterocycles. The third-order valence-corrected chi connectivity index (χ3v) is 3.50. The molecule has 17 heavy (non-hydrogen) atoms. The molecule has 0 radical (unpaired) electrons. The van der Waals surface area contributed by atoms with Crippen molar-refractivity contribution < 1.29 is 14.7 Å². The van der Waals surface area contributed by atoms with Crippen molar-refractivity contribution in [2.45, 2.75) is 32.6 Å². The number of rotatable bonds is 5. The topological polar surface area (TPSA) is 83.6 Å². The number of carbonyl (C=O) groups excluding carboxylic acids is 1. The van der Waals surface area contributed by atoms with Crippen LogP contribution in [0.1, 0.15) is 32.6 Å². The van der Waals surface area contributed by atoms with Crippen LogP contribution in [-0.4, -0.2) is 41.5 Å². The molecule has 5 heteroatoms. The van der Waals surface area contributed by atoms with Crippen LogP contribution in [0.2, 0.25) is 0 Å². The number of amides is 1. The van der Waals surface area contributed by atoms with Gasteiger partial charge in [0, 0.05) is 19.5 Å². The Morgan fingerprint density at radius 3 is 2.76 bits per heavy atom. The van der Waals surface area contributed by atoms with E-state index in [2.05, 4.69) is 0 Å². The van der Waals surface area contributed by atoms with Crippen LogP contribution >= 0.6 is 0 Å². The molecular formula is C12H22N2O3. The minimum atomic E-state index is -0.798. The fourth-order valence-electron chi connectivity index (χ4n) is 2.18. The van der Waals surface area contributed by atoms with Crippen molar-refractivity contribution in [2.75, 3.05) is 19.6 Å². The average Bonchev–Trinajstić information content (AvgIpc) is 2.35. The molecule has 2 atom stereocenters. The molecule has 0 saturated carbocycles. The molecule has 0 aliphatic carbocycles. The van der Waals surface area contributed by atoms with Crippen molar-refractivity contribution in [2.24, 2.45) is 17.6 Å². The summed E-state index contributed by atoms with van der Waals surface area (Å²) >= 11 is 0. The number of aliphatic carboxylic acids is 1. The van der Waals surface area contributed by atoms with Crippen molar-refractivity contribution in [1.82, 2.24) is 4.90 Å². The van der Waals surface area contributed by atoms with Gasteiger partial charge in [0.25, 0.3) is 0 Å². The van der Waals surface area contributed by atoms with E-state index in [4.69, 9.17) is 10.8 Å². The number of hydrogen-bond acceptors (Lipinski definition) is 3. The molecule has 5 nitrogen and oxygen atoms in total. The van der Waals surface area contributed by atoms with E-state index in [1.807, 2.05) is 6.92 Å². The fraction of sp³-hybridized carbons (Fsp3) is 0.833. The van der Waals surface area contributed by atoms with Gasteiger partial charge in [-0.15, -0.1) is 0 Å². The number of nitrogens with two attached hydrogens (primary N) is 1. The van der Waals surface area contributed by atoms with E-state index >= 15 is 0 Å². The highest BCUT2D eigenvalue weighted by atomic mass is 16.4. The van der Waals surface area contributed by atoms with Gasteiger partial charge in [0.05, 0.1) is 5.92 Å².